The van der Waals surface area contributed by atoms with Crippen molar-refractivity contribution in [3.63, 3.8) is 0 Å². The number of likely N-dealkylation sites (tertiary alicyclic amines) is 1. The van der Waals surface area contributed by atoms with Gasteiger partial charge < -0.3 is 10.0 Å². The summed E-state index contributed by atoms with van der Waals surface area (Å²) in [4.78, 5) is 12.4. The van der Waals surface area contributed by atoms with Gasteiger partial charge in [-0.05, 0) is 50.7 Å². The van der Waals surface area contributed by atoms with E-state index in [1.54, 1.807) is 24.3 Å². The molecule has 0 bridgehead atoms. The first-order valence-electron chi connectivity index (χ1n) is 7.82. The van der Waals surface area contributed by atoms with Gasteiger partial charge in [0.15, 0.2) is 0 Å². The summed E-state index contributed by atoms with van der Waals surface area (Å²) in [6.07, 6.45) is 2.31. The molecule has 1 aromatic carbocycles. The average Bonchev–Trinajstić information content (AvgIpc) is 2.52. The molecule has 0 unspecified atom stereocenters. The van der Waals surface area contributed by atoms with Crippen molar-refractivity contribution in [2.75, 3.05) is 19.7 Å². The number of rotatable bonds is 6. The highest BCUT2D eigenvalue weighted by molar-refractivity contribution is 7.86. The Balaban J connectivity index is 1.71. The molecule has 7 heteroatoms. The summed E-state index contributed by atoms with van der Waals surface area (Å²) in [7, 11) is -3.69. The Bertz CT molecular complexity index is 618. The highest BCUT2D eigenvalue weighted by Gasteiger charge is 2.22. The Kier molecular flexibility index (Phi) is 6.01. The number of hydrogen-bond acceptors (Lipinski definition) is 4. The molecule has 128 valence electrons. The lowest BCUT2D eigenvalue weighted by Gasteiger charge is -2.29. The van der Waals surface area contributed by atoms with E-state index in [9.17, 15) is 13.2 Å². The second-order valence-electron chi connectivity index (χ2n) is 5.94. The van der Waals surface area contributed by atoms with Crippen LogP contribution < -0.4 is 0 Å². The number of hydrogen-bond donors (Lipinski definition) is 1. The molecule has 0 spiro atoms. The first kappa shape index (κ1) is 17.7. The summed E-state index contributed by atoms with van der Waals surface area (Å²) in [5.74, 6) is 0.441. The number of piperidine rings is 1. The van der Waals surface area contributed by atoms with Crippen LogP contribution in [0.1, 0.15) is 31.2 Å². The molecule has 1 N–H and O–H groups in total. The first-order valence-corrected chi connectivity index (χ1v) is 9.23. The van der Waals surface area contributed by atoms with Gasteiger partial charge in [0.25, 0.3) is 10.1 Å². The summed E-state index contributed by atoms with van der Waals surface area (Å²) in [5.41, 5.74) is 0.997. The average molecular weight is 341 g/mol. The molecule has 1 amide bonds. The predicted octanol–water partition coefficient (Wildman–Crippen LogP) is 2.87. The quantitative estimate of drug-likeness (QED) is 0.635. The minimum Gasteiger partial charge on any atom is -0.465 e. The molecule has 23 heavy (non-hydrogen) atoms. The van der Waals surface area contributed by atoms with E-state index in [4.69, 9.17) is 9.29 Å². The fourth-order valence-electron chi connectivity index (χ4n) is 2.73. The monoisotopic (exact) mass is 341 g/mol. The maximum absolute atomic E-state index is 12.0. The second kappa shape index (κ2) is 7.79. The topological polar surface area (TPSA) is 83.9 Å². The van der Waals surface area contributed by atoms with Crippen LogP contribution in [0.3, 0.4) is 0 Å². The molecule has 6 nitrogen and oxygen atoms in total. The summed E-state index contributed by atoms with van der Waals surface area (Å²) in [6, 6.07) is 6.58. The van der Waals surface area contributed by atoms with Crippen molar-refractivity contribution in [3.05, 3.63) is 29.8 Å². The van der Waals surface area contributed by atoms with Gasteiger partial charge in [-0.15, -0.1) is 0 Å². The number of carbonyl (C=O) groups is 1. The van der Waals surface area contributed by atoms with Gasteiger partial charge in [-0.25, -0.2) is 4.79 Å². The largest absolute Gasteiger partial charge is 0.465 e. The van der Waals surface area contributed by atoms with Crippen LogP contribution in [0.25, 0.3) is 0 Å². The Morgan fingerprint density at radius 3 is 2.43 bits per heavy atom. The lowest BCUT2D eigenvalue weighted by atomic mass is 9.92. The van der Waals surface area contributed by atoms with E-state index < -0.39 is 16.2 Å². The zero-order valence-corrected chi connectivity index (χ0v) is 14.1. The number of benzene rings is 1. The third kappa shape index (κ3) is 5.21. The van der Waals surface area contributed by atoms with E-state index in [2.05, 4.69) is 0 Å². The van der Waals surface area contributed by atoms with E-state index >= 15 is 0 Å². The molecule has 0 aromatic heterocycles. The number of carboxylic acid groups (broad SMARTS) is 1. The third-order valence-corrected chi connectivity index (χ3v) is 5.52. The molecule has 0 aliphatic carbocycles. The van der Waals surface area contributed by atoms with E-state index in [1.807, 2.05) is 6.92 Å². The highest BCUT2D eigenvalue weighted by atomic mass is 32.2. The molecule has 0 atom stereocenters. The van der Waals surface area contributed by atoms with Gasteiger partial charge in [0.05, 0.1) is 11.5 Å². The van der Waals surface area contributed by atoms with Crippen LogP contribution in [-0.2, 0) is 14.3 Å². The Hall–Kier alpha value is -1.60. The van der Waals surface area contributed by atoms with Crippen molar-refractivity contribution in [2.45, 2.75) is 37.5 Å². The van der Waals surface area contributed by atoms with E-state index in [1.165, 1.54) is 4.90 Å². The smallest absolute Gasteiger partial charge is 0.407 e. The molecule has 1 aliphatic heterocycles. The Morgan fingerprint density at radius 1 is 1.26 bits per heavy atom. The zero-order chi connectivity index (χ0) is 16.9. The minimum atomic E-state index is -3.69. The van der Waals surface area contributed by atoms with Crippen molar-refractivity contribution in [3.8, 4) is 0 Å². The summed E-state index contributed by atoms with van der Waals surface area (Å²) in [5, 5.41) is 8.89. The lowest BCUT2D eigenvalue weighted by molar-refractivity contribution is 0.121. The Labute approximate surface area is 137 Å². The minimum absolute atomic E-state index is 0.162. The predicted molar refractivity (Wildman–Crippen MR) is 85.9 cm³/mol. The summed E-state index contributed by atoms with van der Waals surface area (Å²) >= 11 is 0. The standard InChI is InChI=1S/C16H23NO5S/c1-13-4-6-15(7-5-13)23(20,21)22-12-2-3-14-8-10-17(11-9-14)16(18)19/h4-7,14H,2-3,8-12H2,1H3,(H,18,19). The molecule has 1 aliphatic rings. The van der Waals surface area contributed by atoms with E-state index in [0.717, 1.165) is 24.8 Å². The van der Waals surface area contributed by atoms with Gasteiger partial charge in [0, 0.05) is 13.1 Å². The van der Waals surface area contributed by atoms with Crippen LogP contribution in [0.5, 0.6) is 0 Å². The molecule has 1 aromatic rings. The maximum Gasteiger partial charge on any atom is 0.407 e. The fourth-order valence-corrected chi connectivity index (χ4v) is 3.67. The normalized spacial score (nSPS) is 16.5. The molecule has 1 heterocycles. The van der Waals surface area contributed by atoms with Crippen LogP contribution in [0.2, 0.25) is 0 Å². The molecular weight excluding hydrogens is 318 g/mol. The van der Waals surface area contributed by atoms with Gasteiger partial charge in [-0.1, -0.05) is 17.7 Å². The molecule has 1 saturated heterocycles. The molecule has 0 saturated carbocycles. The fraction of sp³-hybridized carbons (Fsp3) is 0.562. The Morgan fingerprint density at radius 2 is 1.87 bits per heavy atom. The van der Waals surface area contributed by atoms with Crippen LogP contribution >= 0.6 is 0 Å². The van der Waals surface area contributed by atoms with Crippen LogP contribution in [0, 0.1) is 12.8 Å². The van der Waals surface area contributed by atoms with Gasteiger partial charge in [0.2, 0.25) is 0 Å². The van der Waals surface area contributed by atoms with Crippen molar-refractivity contribution in [2.24, 2.45) is 5.92 Å². The number of amides is 1. The van der Waals surface area contributed by atoms with Crippen molar-refractivity contribution in [1.29, 1.82) is 0 Å². The van der Waals surface area contributed by atoms with Crippen LogP contribution in [0.4, 0.5) is 4.79 Å². The van der Waals surface area contributed by atoms with Gasteiger partial charge in [-0.3, -0.25) is 4.18 Å². The number of nitrogens with zero attached hydrogens (tertiary/aromatic N) is 1. The van der Waals surface area contributed by atoms with E-state index in [-0.39, 0.29) is 11.5 Å². The summed E-state index contributed by atoms with van der Waals surface area (Å²) < 4.78 is 29.1. The van der Waals surface area contributed by atoms with Crippen molar-refractivity contribution < 1.29 is 22.5 Å². The van der Waals surface area contributed by atoms with Gasteiger partial charge in [-0.2, -0.15) is 8.42 Å². The maximum atomic E-state index is 12.0. The second-order valence-corrected chi connectivity index (χ2v) is 7.56. The van der Waals surface area contributed by atoms with Gasteiger partial charge in [0.1, 0.15) is 0 Å². The number of aryl methyl sites for hydroxylation is 1. The lowest BCUT2D eigenvalue weighted by Crippen LogP contribution is -2.37. The van der Waals surface area contributed by atoms with Crippen LogP contribution in [0.15, 0.2) is 29.2 Å². The zero-order valence-electron chi connectivity index (χ0n) is 13.3. The SMILES string of the molecule is Cc1ccc(S(=O)(=O)OCCCC2CCN(C(=O)O)CC2)cc1. The highest BCUT2D eigenvalue weighted by Crippen LogP contribution is 2.22. The van der Waals surface area contributed by atoms with Gasteiger partial charge >= 0.3 is 6.09 Å². The van der Waals surface area contributed by atoms with Crippen molar-refractivity contribution >= 4 is 16.2 Å². The summed E-state index contributed by atoms with van der Waals surface area (Å²) in [6.45, 7) is 3.17. The van der Waals surface area contributed by atoms with Crippen molar-refractivity contribution in [1.82, 2.24) is 4.90 Å². The molecule has 1 fully saturated rings. The molecule has 2 rings (SSSR count). The van der Waals surface area contributed by atoms with E-state index in [0.29, 0.717) is 25.4 Å². The molecule has 0 radical (unpaired) electrons. The first-order chi connectivity index (χ1) is 10.9. The molecular formula is C16H23NO5S. The van der Waals surface area contributed by atoms with Crippen LogP contribution in [-0.4, -0.2) is 44.2 Å². The third-order valence-electron chi connectivity index (χ3n) is 4.19.